The molecule has 2 aromatic rings. The number of nitrogens with zero attached hydrogens (tertiary/aromatic N) is 4. The number of rotatable bonds is 4. The summed E-state index contributed by atoms with van der Waals surface area (Å²) in [6, 6.07) is 9.61. The number of hydrogen-bond donors (Lipinski definition) is 1. The molecule has 1 aliphatic rings. The number of carbonyl (C=O) groups excluding carboxylic acids is 2. The van der Waals surface area contributed by atoms with Crippen molar-refractivity contribution in [1.82, 2.24) is 9.97 Å². The third-order valence-corrected chi connectivity index (χ3v) is 5.72. The van der Waals surface area contributed by atoms with Gasteiger partial charge in [0.1, 0.15) is 17.0 Å². The van der Waals surface area contributed by atoms with Crippen LogP contribution in [0, 0.1) is 0 Å². The number of aromatic nitrogens is 2. The van der Waals surface area contributed by atoms with Crippen molar-refractivity contribution in [3.8, 4) is 0 Å². The number of anilines is 4. The third kappa shape index (κ3) is 8.07. The maximum atomic E-state index is 13.3. The number of benzene rings is 1. The molecule has 0 atom stereocenters. The minimum atomic E-state index is -0.865. The fourth-order valence-electron chi connectivity index (χ4n) is 4.10. The van der Waals surface area contributed by atoms with E-state index in [0.29, 0.717) is 11.8 Å². The summed E-state index contributed by atoms with van der Waals surface area (Å²) in [6.45, 7) is 18.5. The number of para-hydroxylation sites is 1. The zero-order valence-electron chi connectivity index (χ0n) is 24.3. The van der Waals surface area contributed by atoms with Crippen LogP contribution in [0.3, 0.4) is 0 Å². The van der Waals surface area contributed by atoms with Crippen LogP contribution in [0.1, 0.15) is 87.1 Å². The van der Waals surface area contributed by atoms with E-state index < -0.39 is 23.4 Å². The van der Waals surface area contributed by atoms with Crippen molar-refractivity contribution in [3.63, 3.8) is 0 Å². The molecule has 208 valence electrons. The molecule has 2 heterocycles. The SMILES string of the molecule is CC(C)(C)OC(=O)N(C(=O)OC(C)(C)C)c1cc(Nc2ccccc2C(C)(C)C)nc(N2CCCCC2)n1. The van der Waals surface area contributed by atoms with Crippen LogP contribution in [0.15, 0.2) is 30.3 Å². The van der Waals surface area contributed by atoms with Crippen molar-refractivity contribution < 1.29 is 19.1 Å². The van der Waals surface area contributed by atoms with Crippen LogP contribution < -0.4 is 15.1 Å². The zero-order valence-corrected chi connectivity index (χ0v) is 24.3. The molecular formula is C29H43N5O4. The quantitative estimate of drug-likeness (QED) is 0.448. The Morgan fingerprint density at radius 2 is 1.39 bits per heavy atom. The van der Waals surface area contributed by atoms with Crippen LogP contribution >= 0.6 is 0 Å². The van der Waals surface area contributed by atoms with Gasteiger partial charge in [-0.1, -0.05) is 39.0 Å². The number of nitrogens with one attached hydrogen (secondary N) is 1. The first kappa shape index (κ1) is 29.2. The molecule has 0 bridgehead atoms. The summed E-state index contributed by atoms with van der Waals surface area (Å²) in [7, 11) is 0. The average Bonchev–Trinajstić information content (AvgIpc) is 2.77. The molecule has 3 rings (SSSR count). The van der Waals surface area contributed by atoms with Crippen molar-refractivity contribution in [2.45, 2.75) is 98.2 Å². The standard InChI is InChI=1S/C29H43N5O4/c1-27(2,3)20-15-11-12-16-21(20)30-22-19-23(32-24(31-22)33-17-13-10-14-18-33)34(25(35)37-28(4,5)6)26(36)38-29(7,8)9/h11-12,15-16,19H,10,13-14,17-18H2,1-9H3,(H,30,31,32). The van der Waals surface area contributed by atoms with Crippen molar-refractivity contribution in [2.75, 3.05) is 28.2 Å². The van der Waals surface area contributed by atoms with Gasteiger partial charge in [0.2, 0.25) is 5.95 Å². The monoisotopic (exact) mass is 525 g/mol. The molecule has 0 spiro atoms. The first-order valence-corrected chi connectivity index (χ1v) is 13.3. The van der Waals surface area contributed by atoms with Gasteiger partial charge >= 0.3 is 12.2 Å². The molecule has 1 aromatic carbocycles. The molecule has 0 aliphatic carbocycles. The van der Waals surface area contributed by atoms with Gasteiger partial charge in [-0.3, -0.25) is 0 Å². The topological polar surface area (TPSA) is 96.9 Å². The van der Waals surface area contributed by atoms with Crippen LogP contribution in [-0.2, 0) is 14.9 Å². The lowest BCUT2D eigenvalue weighted by atomic mass is 9.86. The molecule has 9 heteroatoms. The second-order valence-electron chi connectivity index (χ2n) is 12.7. The van der Waals surface area contributed by atoms with Gasteiger partial charge in [-0.15, -0.1) is 0 Å². The molecule has 9 nitrogen and oxygen atoms in total. The Kier molecular flexibility index (Phi) is 8.58. The van der Waals surface area contributed by atoms with E-state index in [1.165, 1.54) is 0 Å². The lowest BCUT2D eigenvalue weighted by molar-refractivity contribution is 0.0429. The number of hydrogen-bond acceptors (Lipinski definition) is 8. The third-order valence-electron chi connectivity index (χ3n) is 5.72. The molecule has 0 radical (unpaired) electrons. The number of imide groups is 1. The molecule has 1 fully saturated rings. The van der Waals surface area contributed by atoms with E-state index in [1.54, 1.807) is 47.6 Å². The molecule has 2 amide bonds. The highest BCUT2D eigenvalue weighted by Crippen LogP contribution is 2.33. The first-order chi connectivity index (χ1) is 17.5. The molecule has 1 aliphatic heterocycles. The predicted molar refractivity (Wildman–Crippen MR) is 151 cm³/mol. The van der Waals surface area contributed by atoms with Gasteiger partial charge in [0.25, 0.3) is 0 Å². The zero-order chi connectivity index (χ0) is 28.3. The molecule has 1 N–H and O–H groups in total. The molecule has 38 heavy (non-hydrogen) atoms. The average molecular weight is 526 g/mol. The number of amides is 2. The Hall–Kier alpha value is -3.36. The number of piperidine rings is 1. The van der Waals surface area contributed by atoms with Gasteiger partial charge in [0.15, 0.2) is 5.82 Å². The van der Waals surface area contributed by atoms with E-state index in [1.807, 2.05) is 18.2 Å². The Morgan fingerprint density at radius 3 is 1.92 bits per heavy atom. The Balaban J connectivity index is 2.13. The summed E-state index contributed by atoms with van der Waals surface area (Å²) < 4.78 is 11.2. The smallest absolute Gasteiger partial charge is 0.425 e. The first-order valence-electron chi connectivity index (χ1n) is 13.3. The predicted octanol–water partition coefficient (Wildman–Crippen LogP) is 7.18. The van der Waals surface area contributed by atoms with Gasteiger partial charge in [0, 0.05) is 24.8 Å². The van der Waals surface area contributed by atoms with E-state index in [9.17, 15) is 9.59 Å². The van der Waals surface area contributed by atoms with Crippen molar-refractivity contribution in [1.29, 1.82) is 0 Å². The van der Waals surface area contributed by atoms with Crippen LogP contribution in [0.2, 0.25) is 0 Å². The van der Waals surface area contributed by atoms with Gasteiger partial charge in [-0.25, -0.2) is 9.59 Å². The highest BCUT2D eigenvalue weighted by molar-refractivity contribution is 6.09. The minimum Gasteiger partial charge on any atom is -0.443 e. The molecule has 1 saturated heterocycles. The van der Waals surface area contributed by atoms with Crippen LogP contribution in [-0.4, -0.2) is 46.4 Å². The molecule has 0 saturated carbocycles. The fourth-order valence-corrected chi connectivity index (χ4v) is 4.10. The maximum absolute atomic E-state index is 13.3. The molecule has 0 unspecified atom stereocenters. The summed E-state index contributed by atoms with van der Waals surface area (Å²) in [5, 5.41) is 3.42. The Labute approximate surface area is 226 Å². The van der Waals surface area contributed by atoms with E-state index >= 15 is 0 Å². The van der Waals surface area contributed by atoms with Crippen molar-refractivity contribution in [3.05, 3.63) is 35.9 Å². The van der Waals surface area contributed by atoms with E-state index in [0.717, 1.165) is 48.5 Å². The highest BCUT2D eigenvalue weighted by Gasteiger charge is 2.35. The Morgan fingerprint density at radius 1 is 0.842 bits per heavy atom. The second kappa shape index (κ2) is 11.2. The van der Waals surface area contributed by atoms with Gasteiger partial charge in [-0.05, 0) is 77.8 Å². The van der Waals surface area contributed by atoms with Crippen molar-refractivity contribution >= 4 is 35.5 Å². The maximum Gasteiger partial charge on any atom is 0.425 e. The van der Waals surface area contributed by atoms with E-state index in [2.05, 4.69) is 42.0 Å². The molecule has 1 aromatic heterocycles. The lowest BCUT2D eigenvalue weighted by Crippen LogP contribution is -2.44. The second-order valence-corrected chi connectivity index (χ2v) is 12.7. The van der Waals surface area contributed by atoms with Crippen LogP contribution in [0.25, 0.3) is 0 Å². The number of carbonyl (C=O) groups is 2. The summed E-state index contributed by atoms with van der Waals surface area (Å²) in [5.74, 6) is 0.985. The minimum absolute atomic E-state index is 0.0832. The van der Waals surface area contributed by atoms with E-state index in [-0.39, 0.29) is 11.2 Å². The largest absolute Gasteiger partial charge is 0.443 e. The van der Waals surface area contributed by atoms with Crippen LogP contribution in [0.5, 0.6) is 0 Å². The van der Waals surface area contributed by atoms with Crippen LogP contribution in [0.4, 0.5) is 32.9 Å². The summed E-state index contributed by atoms with van der Waals surface area (Å²) in [4.78, 5) is 39.1. The lowest BCUT2D eigenvalue weighted by Gasteiger charge is -2.30. The van der Waals surface area contributed by atoms with Gasteiger partial charge < -0.3 is 19.7 Å². The summed E-state index contributed by atoms with van der Waals surface area (Å²) >= 11 is 0. The highest BCUT2D eigenvalue weighted by atomic mass is 16.6. The normalized spacial score (nSPS) is 14.6. The number of ether oxygens (including phenoxy) is 2. The van der Waals surface area contributed by atoms with Crippen molar-refractivity contribution in [2.24, 2.45) is 0 Å². The summed E-state index contributed by atoms with van der Waals surface area (Å²) in [6.07, 6.45) is 1.45. The fraction of sp³-hybridized carbons (Fsp3) is 0.586. The summed E-state index contributed by atoms with van der Waals surface area (Å²) in [5.41, 5.74) is 0.222. The Bertz CT molecular complexity index is 1110. The van der Waals surface area contributed by atoms with Gasteiger partial charge in [-0.2, -0.15) is 14.9 Å². The molecular weight excluding hydrogens is 482 g/mol. The van der Waals surface area contributed by atoms with E-state index in [4.69, 9.17) is 14.5 Å². The van der Waals surface area contributed by atoms with Gasteiger partial charge in [0.05, 0.1) is 0 Å².